The van der Waals surface area contributed by atoms with E-state index in [0.717, 1.165) is 5.56 Å². The Hall–Kier alpha value is -2.04. The summed E-state index contributed by atoms with van der Waals surface area (Å²) >= 11 is 0. The average molecular weight is 222 g/mol. The number of hydrogen-bond acceptors (Lipinski definition) is 5. The van der Waals surface area contributed by atoms with Gasteiger partial charge >= 0.3 is 11.9 Å². The standard InChI is InChI=1S/C11H10O5/c1-6(12)15-10-4-7-2-3-8(13)5-9(7)16-11(10)14/h2-3,5,10,13H,4H2,1H3. The number of ether oxygens (including phenoxy) is 2. The minimum atomic E-state index is -0.894. The first kappa shape index (κ1) is 10.5. The quantitative estimate of drug-likeness (QED) is 0.561. The number of benzene rings is 1. The summed E-state index contributed by atoms with van der Waals surface area (Å²) in [6.07, 6.45) is -0.622. The molecule has 2 rings (SSSR count). The molecule has 5 nitrogen and oxygen atoms in total. The molecule has 84 valence electrons. The van der Waals surface area contributed by atoms with Crippen molar-refractivity contribution in [3.63, 3.8) is 0 Å². The van der Waals surface area contributed by atoms with Crippen LogP contribution in [-0.4, -0.2) is 23.1 Å². The minimum absolute atomic E-state index is 0.0255. The van der Waals surface area contributed by atoms with Crippen molar-refractivity contribution in [2.75, 3.05) is 0 Å². The highest BCUT2D eigenvalue weighted by atomic mass is 16.6. The van der Waals surface area contributed by atoms with Crippen LogP contribution in [0.3, 0.4) is 0 Å². The Bertz CT molecular complexity index is 452. The van der Waals surface area contributed by atoms with Gasteiger partial charge in [0.05, 0.1) is 0 Å². The Kier molecular flexibility index (Phi) is 2.52. The third kappa shape index (κ3) is 1.98. The summed E-state index contributed by atoms with van der Waals surface area (Å²) in [5.74, 6) is -0.802. The first-order valence-corrected chi connectivity index (χ1v) is 4.77. The summed E-state index contributed by atoms with van der Waals surface area (Å²) in [6, 6.07) is 4.48. The molecule has 1 aromatic carbocycles. The smallest absolute Gasteiger partial charge is 0.353 e. The number of fused-ring (bicyclic) bond motifs is 1. The maximum atomic E-state index is 11.4. The van der Waals surface area contributed by atoms with E-state index in [2.05, 4.69) is 0 Å². The zero-order valence-electron chi connectivity index (χ0n) is 8.60. The lowest BCUT2D eigenvalue weighted by Crippen LogP contribution is -2.35. The van der Waals surface area contributed by atoms with Crippen LogP contribution in [0.15, 0.2) is 18.2 Å². The second-order valence-corrected chi connectivity index (χ2v) is 3.52. The van der Waals surface area contributed by atoms with E-state index in [1.54, 1.807) is 6.07 Å². The van der Waals surface area contributed by atoms with E-state index in [4.69, 9.17) is 9.47 Å². The number of carbonyl (C=O) groups is 2. The molecule has 1 aliphatic heterocycles. The lowest BCUT2D eigenvalue weighted by atomic mass is 10.0. The number of hydrogen-bond donors (Lipinski definition) is 1. The highest BCUT2D eigenvalue weighted by Gasteiger charge is 2.30. The average Bonchev–Trinajstić information content (AvgIpc) is 2.19. The van der Waals surface area contributed by atoms with Gasteiger partial charge in [0.2, 0.25) is 6.10 Å². The van der Waals surface area contributed by atoms with Crippen LogP contribution in [0.5, 0.6) is 11.5 Å². The number of rotatable bonds is 1. The molecular formula is C11H10O5. The predicted molar refractivity (Wildman–Crippen MR) is 53.0 cm³/mol. The molecule has 1 unspecified atom stereocenters. The van der Waals surface area contributed by atoms with E-state index in [0.29, 0.717) is 5.75 Å². The Morgan fingerprint density at radius 1 is 1.56 bits per heavy atom. The molecule has 1 N–H and O–H groups in total. The fourth-order valence-corrected chi connectivity index (χ4v) is 1.55. The highest BCUT2D eigenvalue weighted by molar-refractivity contribution is 5.82. The monoisotopic (exact) mass is 222 g/mol. The van der Waals surface area contributed by atoms with E-state index >= 15 is 0 Å². The van der Waals surface area contributed by atoms with Crippen LogP contribution < -0.4 is 4.74 Å². The number of phenolic OH excluding ortho intramolecular Hbond substituents is 1. The fraction of sp³-hybridized carbons (Fsp3) is 0.273. The van der Waals surface area contributed by atoms with Gasteiger partial charge in [-0.15, -0.1) is 0 Å². The van der Waals surface area contributed by atoms with Crippen LogP contribution in [0.2, 0.25) is 0 Å². The van der Waals surface area contributed by atoms with Crippen LogP contribution in [0.25, 0.3) is 0 Å². The van der Waals surface area contributed by atoms with E-state index < -0.39 is 18.0 Å². The summed E-state index contributed by atoms with van der Waals surface area (Å²) in [5.41, 5.74) is 0.726. The number of aromatic hydroxyl groups is 1. The molecule has 0 amide bonds. The van der Waals surface area contributed by atoms with Crippen molar-refractivity contribution < 1.29 is 24.2 Å². The molecule has 1 heterocycles. The van der Waals surface area contributed by atoms with Crippen molar-refractivity contribution in [1.29, 1.82) is 0 Å². The van der Waals surface area contributed by atoms with Crippen LogP contribution in [-0.2, 0) is 20.7 Å². The van der Waals surface area contributed by atoms with Crippen molar-refractivity contribution in [2.45, 2.75) is 19.4 Å². The van der Waals surface area contributed by atoms with Crippen molar-refractivity contribution >= 4 is 11.9 Å². The Morgan fingerprint density at radius 3 is 3.00 bits per heavy atom. The summed E-state index contributed by atoms with van der Waals surface area (Å²) in [4.78, 5) is 22.2. The van der Waals surface area contributed by atoms with Crippen molar-refractivity contribution in [3.8, 4) is 11.5 Å². The van der Waals surface area contributed by atoms with Crippen LogP contribution in [0.4, 0.5) is 0 Å². The third-order valence-electron chi connectivity index (χ3n) is 2.24. The molecule has 1 aromatic rings. The second-order valence-electron chi connectivity index (χ2n) is 3.52. The van der Waals surface area contributed by atoms with Gasteiger partial charge in [0.25, 0.3) is 0 Å². The number of esters is 2. The molecule has 1 aliphatic rings. The summed E-state index contributed by atoms with van der Waals surface area (Å²) in [6.45, 7) is 1.24. The molecule has 0 saturated carbocycles. The highest BCUT2D eigenvalue weighted by Crippen LogP contribution is 2.29. The van der Waals surface area contributed by atoms with Crippen molar-refractivity contribution in [1.82, 2.24) is 0 Å². The molecule has 5 heteroatoms. The van der Waals surface area contributed by atoms with Crippen molar-refractivity contribution in [3.05, 3.63) is 23.8 Å². The molecule has 0 aromatic heterocycles. The lowest BCUT2D eigenvalue weighted by molar-refractivity contribution is -0.161. The maximum Gasteiger partial charge on any atom is 0.353 e. The van der Waals surface area contributed by atoms with Gasteiger partial charge in [-0.1, -0.05) is 6.07 Å². The molecule has 0 fully saturated rings. The molecule has 1 atom stereocenters. The Morgan fingerprint density at radius 2 is 2.31 bits per heavy atom. The molecule has 0 spiro atoms. The van der Waals surface area contributed by atoms with Gasteiger partial charge in [-0.3, -0.25) is 4.79 Å². The largest absolute Gasteiger partial charge is 0.508 e. The SMILES string of the molecule is CC(=O)OC1Cc2ccc(O)cc2OC1=O. The van der Waals surface area contributed by atoms with Gasteiger partial charge in [0.15, 0.2) is 0 Å². The molecular weight excluding hydrogens is 212 g/mol. The fourth-order valence-electron chi connectivity index (χ4n) is 1.55. The molecule has 0 aliphatic carbocycles. The predicted octanol–water partition coefficient (Wildman–Crippen LogP) is 0.785. The van der Waals surface area contributed by atoms with Crippen LogP contribution in [0.1, 0.15) is 12.5 Å². The Labute approximate surface area is 91.6 Å². The zero-order chi connectivity index (χ0) is 11.7. The van der Waals surface area contributed by atoms with Crippen LogP contribution >= 0.6 is 0 Å². The van der Waals surface area contributed by atoms with Crippen molar-refractivity contribution in [2.24, 2.45) is 0 Å². The topological polar surface area (TPSA) is 72.8 Å². The van der Waals surface area contributed by atoms with E-state index in [1.165, 1.54) is 19.1 Å². The number of carbonyl (C=O) groups excluding carboxylic acids is 2. The summed E-state index contributed by atoms with van der Waals surface area (Å²) in [7, 11) is 0. The number of phenols is 1. The van der Waals surface area contributed by atoms with Gasteiger partial charge in [0.1, 0.15) is 11.5 Å². The van der Waals surface area contributed by atoms with Crippen LogP contribution in [0, 0.1) is 0 Å². The maximum absolute atomic E-state index is 11.4. The lowest BCUT2D eigenvalue weighted by Gasteiger charge is -2.22. The zero-order valence-corrected chi connectivity index (χ0v) is 8.60. The Balaban J connectivity index is 2.25. The summed E-state index contributed by atoms with van der Waals surface area (Å²) < 4.78 is 9.76. The molecule has 0 bridgehead atoms. The minimum Gasteiger partial charge on any atom is -0.508 e. The van der Waals surface area contributed by atoms with E-state index in [-0.39, 0.29) is 12.2 Å². The van der Waals surface area contributed by atoms with E-state index in [9.17, 15) is 14.7 Å². The first-order valence-electron chi connectivity index (χ1n) is 4.77. The third-order valence-corrected chi connectivity index (χ3v) is 2.24. The summed E-state index contributed by atoms with van der Waals surface area (Å²) in [5, 5.41) is 9.21. The van der Waals surface area contributed by atoms with Gasteiger partial charge in [0, 0.05) is 19.4 Å². The van der Waals surface area contributed by atoms with Gasteiger partial charge in [-0.2, -0.15) is 0 Å². The van der Waals surface area contributed by atoms with Gasteiger partial charge < -0.3 is 14.6 Å². The molecule has 0 saturated heterocycles. The second kappa shape index (κ2) is 3.84. The van der Waals surface area contributed by atoms with E-state index in [1.807, 2.05) is 0 Å². The molecule has 16 heavy (non-hydrogen) atoms. The molecule has 0 radical (unpaired) electrons. The van der Waals surface area contributed by atoms with Gasteiger partial charge in [-0.05, 0) is 11.6 Å². The normalized spacial score (nSPS) is 18.6. The first-order chi connectivity index (χ1) is 7.56. The van der Waals surface area contributed by atoms with Gasteiger partial charge in [-0.25, -0.2) is 4.79 Å².